The zero-order valence-electron chi connectivity index (χ0n) is 14.9. The Kier molecular flexibility index (Phi) is 6.19. The van der Waals surface area contributed by atoms with E-state index in [9.17, 15) is 0 Å². The smallest absolute Gasteiger partial charge is 0.109 e. The summed E-state index contributed by atoms with van der Waals surface area (Å²) in [5.74, 6) is 0. The Bertz CT molecular complexity index is 987. The fourth-order valence-corrected chi connectivity index (χ4v) is 4.64. The second-order valence-corrected chi connectivity index (χ2v) is 8.34. The van der Waals surface area contributed by atoms with Crippen molar-refractivity contribution in [3.05, 3.63) is 62.6 Å². The van der Waals surface area contributed by atoms with E-state index in [1.54, 1.807) is 11.3 Å². The number of nitrogens with zero attached hydrogens (tertiary/aromatic N) is 1. The van der Waals surface area contributed by atoms with Gasteiger partial charge >= 0.3 is 0 Å². The summed E-state index contributed by atoms with van der Waals surface area (Å²) in [7, 11) is 2.02. The molecule has 136 valence electrons. The van der Waals surface area contributed by atoms with Gasteiger partial charge in [0.1, 0.15) is 9.82 Å². The van der Waals surface area contributed by atoms with E-state index in [2.05, 4.69) is 47.1 Å². The third kappa shape index (κ3) is 4.20. The molecule has 3 nitrogen and oxygen atoms in total. The summed E-state index contributed by atoms with van der Waals surface area (Å²) in [6.07, 6.45) is 3.66. The van der Waals surface area contributed by atoms with Gasteiger partial charge in [0.15, 0.2) is 0 Å². The first-order chi connectivity index (χ1) is 12.5. The molecule has 0 saturated heterocycles. The number of aryl methyl sites for hydroxylation is 3. The third-order valence-electron chi connectivity index (χ3n) is 4.30. The van der Waals surface area contributed by atoms with Gasteiger partial charge in [0.05, 0.1) is 4.51 Å². The zero-order valence-corrected chi connectivity index (χ0v) is 17.4. The summed E-state index contributed by atoms with van der Waals surface area (Å²) in [4.78, 5) is 3.07. The van der Waals surface area contributed by atoms with E-state index in [-0.39, 0.29) is 6.61 Å². The number of hydrogen-bond acceptors (Lipinski definition) is 4. The Labute approximate surface area is 168 Å². The van der Waals surface area contributed by atoms with Crippen molar-refractivity contribution in [1.29, 1.82) is 0 Å². The molecule has 0 aliphatic heterocycles. The van der Waals surface area contributed by atoms with Gasteiger partial charge in [-0.2, -0.15) is 0 Å². The molecule has 3 rings (SSSR count). The van der Waals surface area contributed by atoms with Crippen LogP contribution in [0.25, 0.3) is 10.2 Å². The average molecular weight is 403 g/mol. The Hall–Kier alpha value is -1.60. The van der Waals surface area contributed by atoms with Gasteiger partial charge in [-0.3, -0.25) is 0 Å². The predicted octanol–water partition coefficient (Wildman–Crippen LogP) is 4.67. The standard InChI is InChI=1S/C20H22N2OS3/c1-13-5-7-14(8-6-13)11-21-19(25)17-12-22(2)20-16(18(17)24)10-15(26-20)4-3-9-23/h5-8,10,12,23H,3-4,9,11H2,1-2H3,(H,21,25). The van der Waals surface area contributed by atoms with Crippen LogP contribution in [0.2, 0.25) is 0 Å². The number of thiocarbonyl (C=S) groups is 1. The molecule has 0 fully saturated rings. The highest BCUT2D eigenvalue weighted by Crippen LogP contribution is 2.29. The number of aliphatic hydroxyl groups is 1. The highest BCUT2D eigenvalue weighted by Gasteiger charge is 2.12. The SMILES string of the molecule is Cc1ccc(CNC(=S)c2cn(C)c3sc(CCCO)cc3c2=S)cc1. The van der Waals surface area contributed by atoms with Gasteiger partial charge in [-0.1, -0.05) is 54.3 Å². The van der Waals surface area contributed by atoms with Crippen LogP contribution < -0.4 is 5.32 Å². The van der Waals surface area contributed by atoms with Crippen molar-refractivity contribution in [3.8, 4) is 0 Å². The maximum absolute atomic E-state index is 9.05. The Morgan fingerprint density at radius 2 is 2.00 bits per heavy atom. The molecule has 0 amide bonds. The van der Waals surface area contributed by atoms with Crippen molar-refractivity contribution in [3.63, 3.8) is 0 Å². The molecule has 0 aliphatic carbocycles. The van der Waals surface area contributed by atoms with Crippen LogP contribution in [0.1, 0.15) is 28.0 Å². The molecule has 26 heavy (non-hydrogen) atoms. The lowest BCUT2D eigenvalue weighted by molar-refractivity contribution is 0.289. The third-order valence-corrected chi connectivity index (χ3v) is 6.38. The highest BCUT2D eigenvalue weighted by molar-refractivity contribution is 7.80. The van der Waals surface area contributed by atoms with Gasteiger partial charge in [0.25, 0.3) is 0 Å². The van der Waals surface area contributed by atoms with Gasteiger partial charge in [-0.05, 0) is 31.4 Å². The molecule has 1 aromatic carbocycles. The van der Waals surface area contributed by atoms with E-state index in [4.69, 9.17) is 29.5 Å². The van der Waals surface area contributed by atoms with Crippen LogP contribution in [0.4, 0.5) is 0 Å². The number of nitrogens with one attached hydrogen (secondary N) is 1. The lowest BCUT2D eigenvalue weighted by Gasteiger charge is -2.11. The van der Waals surface area contributed by atoms with Crippen molar-refractivity contribution < 1.29 is 5.11 Å². The van der Waals surface area contributed by atoms with E-state index in [0.717, 1.165) is 33.1 Å². The highest BCUT2D eigenvalue weighted by atomic mass is 32.1. The molecular weight excluding hydrogens is 380 g/mol. The van der Waals surface area contributed by atoms with Gasteiger partial charge in [-0.25, -0.2) is 0 Å². The molecule has 0 atom stereocenters. The Morgan fingerprint density at radius 1 is 1.27 bits per heavy atom. The minimum Gasteiger partial charge on any atom is -0.396 e. The number of aliphatic hydroxyl groups excluding tert-OH is 1. The van der Waals surface area contributed by atoms with Crippen molar-refractivity contribution >= 4 is 51.0 Å². The molecule has 0 unspecified atom stereocenters. The molecule has 2 heterocycles. The Morgan fingerprint density at radius 3 is 2.69 bits per heavy atom. The number of rotatable bonds is 6. The first kappa shape index (κ1) is 19.2. The van der Waals surface area contributed by atoms with Crippen LogP contribution in [-0.4, -0.2) is 21.3 Å². The topological polar surface area (TPSA) is 37.2 Å². The molecular formula is C20H22N2OS3. The van der Waals surface area contributed by atoms with Gasteiger partial charge in [0, 0.05) is 42.2 Å². The number of fused-ring (bicyclic) bond motifs is 1. The van der Waals surface area contributed by atoms with Crippen molar-refractivity contribution in [2.75, 3.05) is 6.61 Å². The lowest BCUT2D eigenvalue weighted by atomic mass is 10.1. The quantitative estimate of drug-likeness (QED) is 0.588. The minimum absolute atomic E-state index is 0.208. The van der Waals surface area contributed by atoms with E-state index >= 15 is 0 Å². The summed E-state index contributed by atoms with van der Waals surface area (Å²) < 4.78 is 2.89. The van der Waals surface area contributed by atoms with Crippen molar-refractivity contribution in [2.24, 2.45) is 7.05 Å². The number of pyridine rings is 1. The van der Waals surface area contributed by atoms with Gasteiger partial charge in [0.2, 0.25) is 0 Å². The summed E-state index contributed by atoms with van der Waals surface area (Å²) >= 11 is 13.1. The summed E-state index contributed by atoms with van der Waals surface area (Å²) in [6, 6.07) is 10.6. The van der Waals surface area contributed by atoms with E-state index in [1.165, 1.54) is 16.0 Å². The fourth-order valence-electron chi connectivity index (χ4n) is 2.83. The number of thiophene rings is 1. The van der Waals surface area contributed by atoms with Crippen LogP contribution in [0, 0.1) is 11.4 Å². The second kappa shape index (κ2) is 8.39. The van der Waals surface area contributed by atoms with Crippen LogP contribution >= 0.6 is 35.8 Å². The maximum Gasteiger partial charge on any atom is 0.109 e. The molecule has 0 spiro atoms. The van der Waals surface area contributed by atoms with Crippen molar-refractivity contribution in [2.45, 2.75) is 26.3 Å². The molecule has 0 saturated carbocycles. The fraction of sp³-hybridized carbons (Fsp3) is 0.300. The normalized spacial score (nSPS) is 11.0. The molecule has 0 bridgehead atoms. The molecule has 0 aliphatic rings. The number of aromatic nitrogens is 1. The summed E-state index contributed by atoms with van der Waals surface area (Å²) in [5, 5.41) is 13.4. The molecule has 3 aromatic rings. The Balaban J connectivity index is 1.84. The van der Waals surface area contributed by atoms with Crippen molar-refractivity contribution in [1.82, 2.24) is 9.88 Å². The lowest BCUT2D eigenvalue weighted by Crippen LogP contribution is -2.22. The molecule has 6 heteroatoms. The number of benzene rings is 1. The van der Waals surface area contributed by atoms with Crippen LogP contribution in [0.5, 0.6) is 0 Å². The summed E-state index contributed by atoms with van der Waals surface area (Å²) in [6.45, 7) is 2.97. The largest absolute Gasteiger partial charge is 0.396 e. The minimum atomic E-state index is 0.208. The van der Waals surface area contributed by atoms with E-state index in [0.29, 0.717) is 11.5 Å². The van der Waals surface area contributed by atoms with Gasteiger partial charge in [-0.15, -0.1) is 11.3 Å². The monoisotopic (exact) mass is 402 g/mol. The molecule has 2 aromatic heterocycles. The average Bonchev–Trinajstić information content (AvgIpc) is 3.07. The zero-order chi connectivity index (χ0) is 18.7. The maximum atomic E-state index is 9.05. The van der Waals surface area contributed by atoms with Crippen LogP contribution in [0.3, 0.4) is 0 Å². The van der Waals surface area contributed by atoms with Gasteiger partial charge < -0.3 is 15.0 Å². The first-order valence-electron chi connectivity index (χ1n) is 8.56. The van der Waals surface area contributed by atoms with Crippen LogP contribution in [0.15, 0.2) is 36.5 Å². The second-order valence-electron chi connectivity index (χ2n) is 6.41. The van der Waals surface area contributed by atoms with E-state index in [1.807, 2.05) is 13.2 Å². The first-order valence-corrected chi connectivity index (χ1v) is 10.2. The van der Waals surface area contributed by atoms with Crippen LogP contribution in [-0.2, 0) is 20.0 Å². The number of hydrogen-bond donors (Lipinski definition) is 2. The predicted molar refractivity (Wildman–Crippen MR) is 117 cm³/mol. The molecule has 2 N–H and O–H groups in total. The van der Waals surface area contributed by atoms with E-state index < -0.39 is 0 Å². The summed E-state index contributed by atoms with van der Waals surface area (Å²) in [5.41, 5.74) is 3.33. The molecule has 0 radical (unpaired) electrons.